The summed E-state index contributed by atoms with van der Waals surface area (Å²) in [5.41, 5.74) is 7.07. The lowest BCUT2D eigenvalue weighted by atomic mass is 9.98. The zero-order valence-corrected chi connectivity index (χ0v) is 20.6. The second-order valence-electron chi connectivity index (χ2n) is 9.77. The van der Waals surface area contributed by atoms with Gasteiger partial charge in [0.1, 0.15) is 22.8 Å². The molecule has 188 valence electrons. The van der Waals surface area contributed by atoms with Crippen molar-refractivity contribution in [2.24, 2.45) is 0 Å². The Kier molecular flexibility index (Phi) is 5.57. The van der Waals surface area contributed by atoms with Crippen molar-refractivity contribution < 1.29 is 9.13 Å². The fourth-order valence-electron chi connectivity index (χ4n) is 5.29. The number of ether oxygens (including phenoxy) is 1. The number of nitrogens with zero attached hydrogens (tertiary/aromatic N) is 4. The van der Waals surface area contributed by atoms with Crippen molar-refractivity contribution in [3.63, 3.8) is 0 Å². The molecule has 5 aromatic heterocycles. The van der Waals surface area contributed by atoms with Crippen LogP contribution in [0.2, 0.25) is 0 Å². The van der Waals surface area contributed by atoms with Gasteiger partial charge in [-0.1, -0.05) is 18.6 Å². The molecule has 2 N–H and O–H groups in total. The standard InChI is InChI=1S/C30H25FN6O/c31-20-6-4-5-18(13-20)28-23-15-27(34-25(23)11-12-33-28)30-29-26(36-37-30)10-9-24(35-29)19-14-22(17-32-16-19)38-21-7-2-1-3-8-21/h4-6,9-17,21,34H,1-3,7-8H2,(H,36,37). The number of rotatable bonds is 5. The predicted molar refractivity (Wildman–Crippen MR) is 145 cm³/mol. The second kappa shape index (κ2) is 9.37. The first kappa shape index (κ1) is 22.6. The van der Waals surface area contributed by atoms with Crippen molar-refractivity contribution in [1.82, 2.24) is 30.1 Å². The fraction of sp³-hybridized carbons (Fsp3) is 0.200. The molecule has 1 aliphatic rings. The first-order chi connectivity index (χ1) is 18.7. The SMILES string of the molecule is Fc1cccc(-c2nccc3[nH]c(-c4n[nH]c5ccc(-c6cncc(OC7CCCCC7)c6)nc45)cc23)c1. The lowest BCUT2D eigenvalue weighted by Crippen LogP contribution is -2.19. The van der Waals surface area contributed by atoms with Gasteiger partial charge in [-0.15, -0.1) is 0 Å². The molecular weight excluding hydrogens is 479 g/mol. The fourth-order valence-corrected chi connectivity index (χ4v) is 5.29. The summed E-state index contributed by atoms with van der Waals surface area (Å²) in [6.45, 7) is 0. The third-order valence-corrected chi connectivity index (χ3v) is 7.17. The van der Waals surface area contributed by atoms with Gasteiger partial charge in [0.25, 0.3) is 0 Å². The number of H-pyrrole nitrogens is 2. The Balaban J connectivity index is 1.26. The maximum Gasteiger partial charge on any atom is 0.138 e. The normalized spacial score (nSPS) is 14.3. The first-order valence-electron chi connectivity index (χ1n) is 12.9. The number of hydrogen-bond acceptors (Lipinski definition) is 5. The molecule has 0 amide bonds. The van der Waals surface area contributed by atoms with E-state index in [1.165, 1.54) is 31.4 Å². The molecule has 1 saturated carbocycles. The summed E-state index contributed by atoms with van der Waals surface area (Å²) in [5.74, 6) is 0.478. The zero-order valence-electron chi connectivity index (χ0n) is 20.6. The molecule has 1 aliphatic carbocycles. The van der Waals surface area contributed by atoms with Gasteiger partial charge in [0, 0.05) is 34.4 Å². The molecule has 38 heavy (non-hydrogen) atoms. The highest BCUT2D eigenvalue weighted by Gasteiger charge is 2.18. The van der Waals surface area contributed by atoms with Crippen LogP contribution in [0.15, 0.2) is 73.2 Å². The van der Waals surface area contributed by atoms with Crippen molar-refractivity contribution in [2.75, 3.05) is 0 Å². The molecule has 8 heteroatoms. The average Bonchev–Trinajstić information content (AvgIpc) is 3.57. The Bertz CT molecular complexity index is 1770. The molecule has 0 bridgehead atoms. The molecule has 0 radical (unpaired) electrons. The molecule has 6 aromatic rings. The van der Waals surface area contributed by atoms with Crippen molar-refractivity contribution in [1.29, 1.82) is 0 Å². The summed E-state index contributed by atoms with van der Waals surface area (Å²) >= 11 is 0. The number of benzene rings is 1. The minimum atomic E-state index is -0.296. The lowest BCUT2D eigenvalue weighted by molar-refractivity contribution is 0.154. The highest BCUT2D eigenvalue weighted by atomic mass is 19.1. The van der Waals surface area contributed by atoms with Crippen molar-refractivity contribution >= 4 is 21.9 Å². The maximum absolute atomic E-state index is 13.9. The molecule has 0 spiro atoms. The smallest absolute Gasteiger partial charge is 0.138 e. The maximum atomic E-state index is 13.9. The topological polar surface area (TPSA) is 92.4 Å². The number of hydrogen-bond donors (Lipinski definition) is 2. The van der Waals surface area contributed by atoms with Crippen LogP contribution in [0.1, 0.15) is 32.1 Å². The molecule has 5 heterocycles. The van der Waals surface area contributed by atoms with E-state index in [0.29, 0.717) is 11.4 Å². The van der Waals surface area contributed by atoms with Gasteiger partial charge < -0.3 is 9.72 Å². The van der Waals surface area contributed by atoms with Gasteiger partial charge in [-0.25, -0.2) is 9.37 Å². The summed E-state index contributed by atoms with van der Waals surface area (Å²) in [5, 5.41) is 8.54. The van der Waals surface area contributed by atoms with Crippen molar-refractivity contribution in [3.05, 3.63) is 79.0 Å². The number of pyridine rings is 3. The molecule has 0 unspecified atom stereocenters. The Hall–Kier alpha value is -4.59. The van der Waals surface area contributed by atoms with E-state index < -0.39 is 0 Å². The number of halogens is 1. The molecule has 1 fully saturated rings. The van der Waals surface area contributed by atoms with Gasteiger partial charge in [-0.3, -0.25) is 15.1 Å². The predicted octanol–water partition coefficient (Wildman–Crippen LogP) is 7.08. The van der Waals surface area contributed by atoms with Crippen LogP contribution in [0.25, 0.3) is 55.8 Å². The average molecular weight is 505 g/mol. The van der Waals surface area contributed by atoms with E-state index in [-0.39, 0.29) is 11.9 Å². The van der Waals surface area contributed by atoms with Crippen molar-refractivity contribution in [2.45, 2.75) is 38.2 Å². The Morgan fingerprint density at radius 2 is 1.79 bits per heavy atom. The molecule has 1 aromatic carbocycles. The summed E-state index contributed by atoms with van der Waals surface area (Å²) in [6.07, 6.45) is 11.5. The summed E-state index contributed by atoms with van der Waals surface area (Å²) in [4.78, 5) is 17.3. The Labute approximate surface area is 218 Å². The van der Waals surface area contributed by atoms with Crippen molar-refractivity contribution in [3.8, 4) is 39.7 Å². The lowest BCUT2D eigenvalue weighted by Gasteiger charge is -2.22. The highest BCUT2D eigenvalue weighted by Crippen LogP contribution is 2.34. The van der Waals surface area contributed by atoms with Gasteiger partial charge in [-0.2, -0.15) is 5.10 Å². The van der Waals surface area contributed by atoms with Gasteiger partial charge in [0.05, 0.1) is 34.9 Å². The third-order valence-electron chi connectivity index (χ3n) is 7.17. The number of aromatic nitrogens is 6. The summed E-state index contributed by atoms with van der Waals surface area (Å²) in [7, 11) is 0. The van der Waals surface area contributed by atoms with Crippen LogP contribution in [-0.2, 0) is 0 Å². The minimum absolute atomic E-state index is 0.255. The monoisotopic (exact) mass is 504 g/mol. The van der Waals surface area contributed by atoms with E-state index in [1.54, 1.807) is 18.5 Å². The summed E-state index contributed by atoms with van der Waals surface area (Å²) < 4.78 is 20.1. The van der Waals surface area contributed by atoms with Crippen LogP contribution in [0.3, 0.4) is 0 Å². The molecule has 0 aliphatic heterocycles. The Morgan fingerprint density at radius 1 is 0.868 bits per heavy atom. The van der Waals surface area contributed by atoms with Crippen LogP contribution < -0.4 is 4.74 Å². The van der Waals surface area contributed by atoms with Crippen LogP contribution in [-0.4, -0.2) is 36.2 Å². The first-order valence-corrected chi connectivity index (χ1v) is 12.9. The number of fused-ring (bicyclic) bond motifs is 2. The van der Waals surface area contributed by atoms with Gasteiger partial charge in [0.15, 0.2) is 0 Å². The molecule has 0 saturated heterocycles. The van der Waals surface area contributed by atoms with E-state index in [4.69, 9.17) is 9.72 Å². The molecule has 7 nitrogen and oxygen atoms in total. The van der Waals surface area contributed by atoms with Crippen LogP contribution in [0.4, 0.5) is 4.39 Å². The molecular formula is C30H25FN6O. The van der Waals surface area contributed by atoms with Crippen LogP contribution >= 0.6 is 0 Å². The Morgan fingerprint density at radius 3 is 2.68 bits per heavy atom. The highest BCUT2D eigenvalue weighted by molar-refractivity contribution is 5.99. The number of nitrogens with one attached hydrogen (secondary N) is 2. The third kappa shape index (κ3) is 4.18. The zero-order chi connectivity index (χ0) is 25.5. The molecule has 0 atom stereocenters. The largest absolute Gasteiger partial charge is 0.489 e. The minimum Gasteiger partial charge on any atom is -0.489 e. The van der Waals surface area contributed by atoms with E-state index in [0.717, 1.165) is 63.0 Å². The van der Waals surface area contributed by atoms with Crippen LogP contribution in [0.5, 0.6) is 5.75 Å². The van der Waals surface area contributed by atoms with Crippen LogP contribution in [0, 0.1) is 5.82 Å². The van der Waals surface area contributed by atoms with Gasteiger partial charge in [0.2, 0.25) is 0 Å². The van der Waals surface area contributed by atoms with E-state index >= 15 is 0 Å². The summed E-state index contributed by atoms with van der Waals surface area (Å²) in [6, 6.07) is 16.3. The van der Waals surface area contributed by atoms with E-state index in [9.17, 15) is 4.39 Å². The van der Waals surface area contributed by atoms with Gasteiger partial charge in [-0.05, 0) is 68.1 Å². The second-order valence-corrected chi connectivity index (χ2v) is 9.77. The number of aromatic amines is 2. The quantitative estimate of drug-likeness (QED) is 0.262. The van der Waals surface area contributed by atoms with E-state index in [2.05, 4.69) is 25.1 Å². The van der Waals surface area contributed by atoms with Gasteiger partial charge >= 0.3 is 0 Å². The molecule has 7 rings (SSSR count). The van der Waals surface area contributed by atoms with E-state index in [1.807, 2.05) is 42.6 Å².